The summed E-state index contributed by atoms with van der Waals surface area (Å²) in [4.78, 5) is 4.12. The lowest BCUT2D eigenvalue weighted by Crippen LogP contribution is -2.20. The summed E-state index contributed by atoms with van der Waals surface area (Å²) in [5.74, 6) is 0.618. The van der Waals surface area contributed by atoms with E-state index in [4.69, 9.17) is 5.73 Å². The zero-order chi connectivity index (χ0) is 11.9. The second-order valence-corrected chi connectivity index (χ2v) is 4.98. The molecular weight excluding hydrogens is 210 g/mol. The molecule has 94 valence electrons. The van der Waals surface area contributed by atoms with Crippen molar-refractivity contribution in [2.45, 2.75) is 57.4 Å². The topological polar surface area (TPSA) is 50.9 Å². The quantitative estimate of drug-likeness (QED) is 0.821. The highest BCUT2D eigenvalue weighted by Gasteiger charge is 2.11. The third-order valence-corrected chi connectivity index (χ3v) is 3.55. The minimum absolute atomic E-state index is 0.569. The van der Waals surface area contributed by atoms with Gasteiger partial charge < -0.3 is 11.1 Å². The van der Waals surface area contributed by atoms with Gasteiger partial charge >= 0.3 is 0 Å². The number of aromatic nitrogens is 1. The Hall–Kier alpha value is -1.25. The van der Waals surface area contributed by atoms with Crippen LogP contribution in [0.2, 0.25) is 0 Å². The van der Waals surface area contributed by atoms with Gasteiger partial charge in [0.15, 0.2) is 0 Å². The first kappa shape index (κ1) is 12.2. The Balaban J connectivity index is 1.93. The molecule has 1 aliphatic carbocycles. The summed E-state index contributed by atoms with van der Waals surface area (Å²) < 4.78 is 0. The van der Waals surface area contributed by atoms with E-state index >= 15 is 0 Å². The van der Waals surface area contributed by atoms with E-state index < -0.39 is 0 Å². The molecule has 1 aromatic rings. The Morgan fingerprint density at radius 3 is 2.35 bits per heavy atom. The zero-order valence-electron chi connectivity index (χ0n) is 10.5. The number of nitrogen functional groups attached to an aromatic ring is 1. The molecule has 1 saturated carbocycles. The first-order valence-electron chi connectivity index (χ1n) is 6.83. The third kappa shape index (κ3) is 3.91. The molecule has 0 spiro atoms. The largest absolute Gasteiger partial charge is 0.382 e. The van der Waals surface area contributed by atoms with Crippen LogP contribution in [0.5, 0.6) is 0 Å². The van der Waals surface area contributed by atoms with Crippen LogP contribution in [0.4, 0.5) is 11.5 Å². The molecule has 0 bridgehead atoms. The van der Waals surface area contributed by atoms with Crippen molar-refractivity contribution in [1.29, 1.82) is 0 Å². The van der Waals surface area contributed by atoms with Crippen molar-refractivity contribution in [2.24, 2.45) is 0 Å². The molecule has 3 N–H and O–H groups in total. The van der Waals surface area contributed by atoms with Gasteiger partial charge in [-0.3, -0.25) is 0 Å². The Morgan fingerprint density at radius 2 is 1.71 bits per heavy atom. The molecule has 0 saturated heterocycles. The van der Waals surface area contributed by atoms with Crippen LogP contribution in [0.1, 0.15) is 51.4 Å². The van der Waals surface area contributed by atoms with Crippen LogP contribution in [-0.4, -0.2) is 11.0 Å². The van der Waals surface area contributed by atoms with E-state index in [0.717, 1.165) is 5.69 Å². The monoisotopic (exact) mass is 233 g/mol. The first-order valence-corrected chi connectivity index (χ1v) is 6.83. The molecule has 1 heterocycles. The molecule has 2 rings (SSSR count). The fraction of sp³-hybridized carbons (Fsp3) is 0.643. The lowest BCUT2D eigenvalue weighted by molar-refractivity contribution is 0.563. The maximum absolute atomic E-state index is 5.86. The lowest BCUT2D eigenvalue weighted by Gasteiger charge is -2.19. The second kappa shape index (κ2) is 6.48. The highest BCUT2D eigenvalue weighted by Crippen LogP contribution is 2.22. The predicted octanol–water partition coefficient (Wildman–Crippen LogP) is 3.58. The van der Waals surface area contributed by atoms with Crippen LogP contribution in [0.15, 0.2) is 18.3 Å². The van der Waals surface area contributed by atoms with Gasteiger partial charge in [0, 0.05) is 12.2 Å². The Kier molecular flexibility index (Phi) is 4.65. The molecule has 17 heavy (non-hydrogen) atoms. The third-order valence-electron chi connectivity index (χ3n) is 3.55. The molecule has 1 aromatic heterocycles. The van der Waals surface area contributed by atoms with Crippen molar-refractivity contribution in [1.82, 2.24) is 4.98 Å². The van der Waals surface area contributed by atoms with Crippen LogP contribution in [0, 0.1) is 0 Å². The summed E-state index contributed by atoms with van der Waals surface area (Å²) >= 11 is 0. The van der Waals surface area contributed by atoms with Gasteiger partial charge in [0.1, 0.15) is 5.82 Å². The first-order chi connectivity index (χ1) is 8.36. The molecule has 0 amide bonds. The molecule has 0 aliphatic heterocycles. The molecule has 0 radical (unpaired) electrons. The van der Waals surface area contributed by atoms with Gasteiger partial charge in [-0.05, 0) is 25.0 Å². The SMILES string of the molecule is Nc1ncccc1NC1CCCCCCCC1. The van der Waals surface area contributed by atoms with E-state index in [1.54, 1.807) is 6.20 Å². The van der Waals surface area contributed by atoms with E-state index in [2.05, 4.69) is 10.3 Å². The van der Waals surface area contributed by atoms with Crippen molar-refractivity contribution < 1.29 is 0 Å². The molecule has 0 unspecified atom stereocenters. The van der Waals surface area contributed by atoms with Gasteiger partial charge in [0.2, 0.25) is 0 Å². The van der Waals surface area contributed by atoms with Crippen LogP contribution in [-0.2, 0) is 0 Å². The highest BCUT2D eigenvalue weighted by atomic mass is 15.0. The molecule has 0 aromatic carbocycles. The summed E-state index contributed by atoms with van der Waals surface area (Å²) in [7, 11) is 0. The van der Waals surface area contributed by atoms with Gasteiger partial charge in [-0.2, -0.15) is 0 Å². The summed E-state index contributed by atoms with van der Waals surface area (Å²) in [5, 5.41) is 3.56. The lowest BCUT2D eigenvalue weighted by atomic mass is 10.0. The van der Waals surface area contributed by atoms with E-state index in [9.17, 15) is 0 Å². The van der Waals surface area contributed by atoms with E-state index in [1.165, 1.54) is 51.4 Å². The summed E-state index contributed by atoms with van der Waals surface area (Å²) in [6.07, 6.45) is 12.5. The van der Waals surface area contributed by atoms with Gasteiger partial charge in [-0.25, -0.2) is 4.98 Å². The van der Waals surface area contributed by atoms with Crippen LogP contribution in [0.3, 0.4) is 0 Å². The average molecular weight is 233 g/mol. The van der Waals surface area contributed by atoms with Gasteiger partial charge in [-0.15, -0.1) is 0 Å². The normalized spacial score (nSPS) is 19.1. The van der Waals surface area contributed by atoms with E-state index in [1.807, 2.05) is 12.1 Å². The molecule has 1 aliphatic rings. The number of pyridine rings is 1. The van der Waals surface area contributed by atoms with Crippen LogP contribution >= 0.6 is 0 Å². The average Bonchev–Trinajstić information content (AvgIpc) is 2.46. The fourth-order valence-corrected chi connectivity index (χ4v) is 2.54. The minimum Gasteiger partial charge on any atom is -0.382 e. The Bertz CT molecular complexity index is 328. The van der Waals surface area contributed by atoms with Crippen LogP contribution in [0.25, 0.3) is 0 Å². The van der Waals surface area contributed by atoms with Crippen molar-refractivity contribution in [3.05, 3.63) is 18.3 Å². The smallest absolute Gasteiger partial charge is 0.146 e. The minimum atomic E-state index is 0.569. The molecule has 0 atom stereocenters. The number of hydrogen-bond donors (Lipinski definition) is 2. The molecule has 3 nitrogen and oxygen atoms in total. The van der Waals surface area contributed by atoms with Crippen molar-refractivity contribution in [2.75, 3.05) is 11.1 Å². The maximum atomic E-state index is 5.86. The zero-order valence-corrected chi connectivity index (χ0v) is 10.5. The predicted molar refractivity (Wildman–Crippen MR) is 73.0 cm³/mol. The second-order valence-electron chi connectivity index (χ2n) is 4.98. The number of anilines is 2. The molecular formula is C14H23N3. The number of nitrogens with two attached hydrogens (primary N) is 1. The number of hydrogen-bond acceptors (Lipinski definition) is 3. The van der Waals surface area contributed by atoms with Crippen molar-refractivity contribution >= 4 is 11.5 Å². The molecule has 1 fully saturated rings. The number of nitrogens with one attached hydrogen (secondary N) is 1. The Morgan fingerprint density at radius 1 is 1.06 bits per heavy atom. The summed E-state index contributed by atoms with van der Waals surface area (Å²) in [6.45, 7) is 0. The van der Waals surface area contributed by atoms with Crippen molar-refractivity contribution in [3.8, 4) is 0 Å². The summed E-state index contributed by atoms with van der Waals surface area (Å²) in [5.41, 5.74) is 6.86. The molecule has 3 heteroatoms. The number of rotatable bonds is 2. The van der Waals surface area contributed by atoms with Gasteiger partial charge in [0.05, 0.1) is 5.69 Å². The van der Waals surface area contributed by atoms with E-state index in [-0.39, 0.29) is 0 Å². The van der Waals surface area contributed by atoms with E-state index in [0.29, 0.717) is 11.9 Å². The Labute approximate surface area is 104 Å². The van der Waals surface area contributed by atoms with Gasteiger partial charge in [-0.1, -0.05) is 38.5 Å². The maximum Gasteiger partial charge on any atom is 0.146 e. The van der Waals surface area contributed by atoms with Crippen LogP contribution < -0.4 is 11.1 Å². The summed E-state index contributed by atoms with van der Waals surface area (Å²) in [6, 6.07) is 4.53. The fourth-order valence-electron chi connectivity index (χ4n) is 2.54. The highest BCUT2D eigenvalue weighted by molar-refractivity contribution is 5.61. The standard InChI is InChI=1S/C14H23N3/c15-14-13(10-7-11-16-14)17-12-8-5-3-1-2-4-6-9-12/h7,10-12,17H,1-6,8-9H2,(H2,15,16). The van der Waals surface area contributed by atoms with Gasteiger partial charge in [0.25, 0.3) is 0 Å². The van der Waals surface area contributed by atoms with Crippen molar-refractivity contribution in [3.63, 3.8) is 0 Å². The number of nitrogens with zero attached hydrogens (tertiary/aromatic N) is 1.